The quantitative estimate of drug-likeness (QED) is 0.843. The average molecular weight is 229 g/mol. The molecule has 0 saturated heterocycles. The predicted octanol–water partition coefficient (Wildman–Crippen LogP) is 3.67. The highest BCUT2D eigenvalue weighted by atomic mass is 32.1. The molecule has 0 aliphatic heterocycles. The molecule has 0 amide bonds. The number of rotatable bonds is 4. The summed E-state index contributed by atoms with van der Waals surface area (Å²) in [5.74, 6) is 0. The fraction of sp³-hybridized carbons (Fsp3) is 0.286. The van der Waals surface area contributed by atoms with E-state index in [1.165, 1.54) is 28.8 Å². The van der Waals surface area contributed by atoms with Crippen LogP contribution in [0, 0.1) is 0 Å². The highest BCUT2D eigenvalue weighted by molar-refractivity contribution is 7.13. The van der Waals surface area contributed by atoms with E-state index >= 15 is 0 Å². The summed E-state index contributed by atoms with van der Waals surface area (Å²) in [7, 11) is 0. The van der Waals surface area contributed by atoms with E-state index in [4.69, 9.17) is 0 Å². The third-order valence-electron chi connectivity index (χ3n) is 2.96. The van der Waals surface area contributed by atoms with E-state index in [0.717, 1.165) is 12.6 Å². The Morgan fingerprint density at radius 1 is 1.12 bits per heavy atom. The molecule has 1 saturated carbocycles. The number of nitrogens with one attached hydrogen (secondary N) is 1. The maximum Gasteiger partial charge on any atom is 0.0345 e. The molecule has 1 aromatic carbocycles. The second-order valence-corrected chi connectivity index (χ2v) is 5.24. The van der Waals surface area contributed by atoms with Crippen LogP contribution < -0.4 is 5.32 Å². The van der Waals surface area contributed by atoms with E-state index in [9.17, 15) is 0 Å². The molecule has 1 aromatic heterocycles. The van der Waals surface area contributed by atoms with Crippen LogP contribution in [0.25, 0.3) is 10.4 Å². The Morgan fingerprint density at radius 3 is 2.75 bits per heavy atom. The first-order chi connectivity index (χ1) is 7.93. The Hall–Kier alpha value is -1.12. The van der Waals surface area contributed by atoms with Crippen LogP contribution in [0.5, 0.6) is 0 Å². The molecule has 16 heavy (non-hydrogen) atoms. The van der Waals surface area contributed by atoms with Crippen LogP contribution in [0.4, 0.5) is 0 Å². The second-order valence-electron chi connectivity index (χ2n) is 4.29. The highest BCUT2D eigenvalue weighted by Crippen LogP contribution is 2.28. The topological polar surface area (TPSA) is 12.0 Å². The Labute approximate surface area is 100 Å². The maximum absolute atomic E-state index is 3.58. The van der Waals surface area contributed by atoms with Gasteiger partial charge < -0.3 is 5.32 Å². The molecular formula is C14H15NS. The third-order valence-corrected chi connectivity index (χ3v) is 3.87. The summed E-state index contributed by atoms with van der Waals surface area (Å²) in [4.78, 5) is 1.37. The molecule has 2 heteroatoms. The minimum atomic E-state index is 0.774. The van der Waals surface area contributed by atoms with Gasteiger partial charge in [0.25, 0.3) is 0 Å². The van der Waals surface area contributed by atoms with Crippen LogP contribution in [0.2, 0.25) is 0 Å². The summed E-state index contributed by atoms with van der Waals surface area (Å²) in [5, 5.41) is 5.72. The molecular weight excluding hydrogens is 214 g/mol. The lowest BCUT2D eigenvalue weighted by Crippen LogP contribution is -2.15. The van der Waals surface area contributed by atoms with Gasteiger partial charge in [0.15, 0.2) is 0 Å². The van der Waals surface area contributed by atoms with Crippen molar-refractivity contribution in [3.05, 3.63) is 47.3 Å². The van der Waals surface area contributed by atoms with E-state index in [2.05, 4.69) is 47.1 Å². The molecule has 1 fully saturated rings. The monoisotopic (exact) mass is 229 g/mol. The minimum absolute atomic E-state index is 0.774. The first kappa shape index (κ1) is 10.1. The molecule has 1 aliphatic rings. The van der Waals surface area contributed by atoms with Crippen LogP contribution in [0.15, 0.2) is 41.8 Å². The number of hydrogen-bond acceptors (Lipinski definition) is 2. The zero-order valence-electron chi connectivity index (χ0n) is 9.15. The molecule has 82 valence electrons. The molecule has 0 atom stereocenters. The van der Waals surface area contributed by atoms with Gasteiger partial charge in [-0.1, -0.05) is 30.3 Å². The number of hydrogen-bond donors (Lipinski definition) is 1. The van der Waals surface area contributed by atoms with E-state index in [-0.39, 0.29) is 0 Å². The lowest BCUT2D eigenvalue weighted by atomic mass is 10.1. The van der Waals surface area contributed by atoms with Gasteiger partial charge in [-0.05, 0) is 35.4 Å². The average Bonchev–Trinajstić information content (AvgIpc) is 3.00. The van der Waals surface area contributed by atoms with Gasteiger partial charge in [-0.3, -0.25) is 0 Å². The Kier molecular flexibility index (Phi) is 2.77. The Bertz CT molecular complexity index is 457. The first-order valence-corrected chi connectivity index (χ1v) is 6.66. The Balaban J connectivity index is 1.85. The van der Waals surface area contributed by atoms with E-state index in [0.29, 0.717) is 0 Å². The van der Waals surface area contributed by atoms with Crippen molar-refractivity contribution in [3.8, 4) is 10.4 Å². The van der Waals surface area contributed by atoms with Gasteiger partial charge in [-0.15, -0.1) is 11.3 Å². The largest absolute Gasteiger partial charge is 0.310 e. The normalized spacial score (nSPS) is 15.2. The van der Waals surface area contributed by atoms with Gasteiger partial charge in [0.05, 0.1) is 0 Å². The van der Waals surface area contributed by atoms with Crippen molar-refractivity contribution >= 4 is 11.3 Å². The van der Waals surface area contributed by atoms with E-state index in [1.807, 2.05) is 11.3 Å². The molecule has 2 aromatic rings. The molecule has 0 unspecified atom stereocenters. The molecule has 0 bridgehead atoms. The molecule has 1 N–H and O–H groups in total. The SMILES string of the molecule is c1csc(-c2ccccc2CNC2CC2)c1. The second kappa shape index (κ2) is 4.40. The molecule has 1 aliphatic carbocycles. The molecule has 1 heterocycles. The van der Waals surface area contributed by atoms with Gasteiger partial charge in [-0.2, -0.15) is 0 Å². The summed E-state index contributed by atoms with van der Waals surface area (Å²) in [5.41, 5.74) is 2.79. The van der Waals surface area contributed by atoms with Crippen LogP contribution >= 0.6 is 11.3 Å². The van der Waals surface area contributed by atoms with Crippen molar-refractivity contribution < 1.29 is 0 Å². The standard InChI is InChI=1S/C14H15NS/c1-2-5-13(14-6-3-9-16-14)11(4-1)10-15-12-7-8-12/h1-6,9,12,15H,7-8,10H2. The van der Waals surface area contributed by atoms with Gasteiger partial charge in [0.1, 0.15) is 0 Å². The van der Waals surface area contributed by atoms with Gasteiger partial charge in [-0.25, -0.2) is 0 Å². The minimum Gasteiger partial charge on any atom is -0.310 e. The summed E-state index contributed by atoms with van der Waals surface area (Å²) in [6.45, 7) is 0.999. The van der Waals surface area contributed by atoms with Crippen molar-refractivity contribution in [1.82, 2.24) is 5.32 Å². The fourth-order valence-corrected chi connectivity index (χ4v) is 2.68. The summed E-state index contributed by atoms with van der Waals surface area (Å²) in [6.07, 6.45) is 2.70. The maximum atomic E-state index is 3.58. The smallest absolute Gasteiger partial charge is 0.0345 e. The molecule has 0 radical (unpaired) electrons. The molecule has 3 rings (SSSR count). The summed E-state index contributed by atoms with van der Waals surface area (Å²) >= 11 is 1.81. The van der Waals surface area contributed by atoms with Crippen LogP contribution in [0.1, 0.15) is 18.4 Å². The lowest BCUT2D eigenvalue weighted by molar-refractivity contribution is 0.689. The van der Waals surface area contributed by atoms with Gasteiger partial charge >= 0.3 is 0 Å². The number of benzene rings is 1. The van der Waals surface area contributed by atoms with Crippen molar-refractivity contribution in [1.29, 1.82) is 0 Å². The van der Waals surface area contributed by atoms with Crippen LogP contribution in [-0.2, 0) is 6.54 Å². The fourth-order valence-electron chi connectivity index (χ4n) is 1.89. The van der Waals surface area contributed by atoms with E-state index < -0.39 is 0 Å². The van der Waals surface area contributed by atoms with Gasteiger partial charge in [0, 0.05) is 17.5 Å². The van der Waals surface area contributed by atoms with Crippen molar-refractivity contribution in [2.24, 2.45) is 0 Å². The van der Waals surface area contributed by atoms with Crippen molar-refractivity contribution in [2.75, 3.05) is 0 Å². The number of thiophene rings is 1. The molecule has 0 spiro atoms. The third kappa shape index (κ3) is 2.18. The van der Waals surface area contributed by atoms with Gasteiger partial charge in [0.2, 0.25) is 0 Å². The highest BCUT2D eigenvalue weighted by Gasteiger charge is 2.20. The van der Waals surface area contributed by atoms with Crippen molar-refractivity contribution in [2.45, 2.75) is 25.4 Å². The first-order valence-electron chi connectivity index (χ1n) is 5.78. The Morgan fingerprint density at radius 2 is 2.00 bits per heavy atom. The van der Waals surface area contributed by atoms with Crippen molar-refractivity contribution in [3.63, 3.8) is 0 Å². The summed E-state index contributed by atoms with van der Waals surface area (Å²) in [6, 6.07) is 13.8. The van der Waals surface area contributed by atoms with E-state index in [1.54, 1.807) is 0 Å². The summed E-state index contributed by atoms with van der Waals surface area (Å²) < 4.78 is 0. The zero-order valence-corrected chi connectivity index (χ0v) is 9.96. The van der Waals surface area contributed by atoms with Crippen LogP contribution in [-0.4, -0.2) is 6.04 Å². The molecule has 1 nitrogen and oxygen atoms in total. The lowest BCUT2D eigenvalue weighted by Gasteiger charge is -2.08. The van der Waals surface area contributed by atoms with Crippen LogP contribution in [0.3, 0.4) is 0 Å². The zero-order chi connectivity index (χ0) is 10.8. The predicted molar refractivity (Wildman–Crippen MR) is 69.6 cm³/mol.